The lowest BCUT2D eigenvalue weighted by molar-refractivity contribution is -0.150. The van der Waals surface area contributed by atoms with Crippen LogP contribution in [0.15, 0.2) is 54.6 Å². The minimum atomic E-state index is -4.54. The van der Waals surface area contributed by atoms with Gasteiger partial charge in [-0.25, -0.2) is 4.98 Å². The van der Waals surface area contributed by atoms with Crippen molar-refractivity contribution < 1.29 is 18.0 Å². The fourth-order valence-corrected chi connectivity index (χ4v) is 2.63. The van der Waals surface area contributed by atoms with Crippen LogP contribution in [-0.4, -0.2) is 22.1 Å². The SMILES string of the molecule is Cc1ccc(Nc2cc(C)nc(Nc3ccc(NC(=O)CC(F)(F)F)cc3)n2)cc1. The number of aromatic nitrogens is 2. The minimum Gasteiger partial charge on any atom is -0.340 e. The van der Waals surface area contributed by atoms with E-state index in [1.807, 2.05) is 44.2 Å². The lowest BCUT2D eigenvalue weighted by atomic mass is 10.2. The highest BCUT2D eigenvalue weighted by Gasteiger charge is 2.31. The maximum Gasteiger partial charge on any atom is 0.397 e. The molecule has 0 atom stereocenters. The van der Waals surface area contributed by atoms with E-state index in [0.717, 1.165) is 16.9 Å². The highest BCUT2D eigenvalue weighted by atomic mass is 19.4. The largest absolute Gasteiger partial charge is 0.397 e. The van der Waals surface area contributed by atoms with Crippen molar-refractivity contribution in [1.82, 2.24) is 9.97 Å². The van der Waals surface area contributed by atoms with E-state index < -0.39 is 18.5 Å². The molecule has 0 fully saturated rings. The number of rotatable bonds is 6. The first kappa shape index (κ1) is 21.1. The van der Waals surface area contributed by atoms with Crippen LogP contribution in [-0.2, 0) is 4.79 Å². The molecule has 30 heavy (non-hydrogen) atoms. The number of anilines is 5. The molecule has 2 aromatic carbocycles. The van der Waals surface area contributed by atoms with E-state index in [9.17, 15) is 18.0 Å². The molecule has 3 N–H and O–H groups in total. The summed E-state index contributed by atoms with van der Waals surface area (Å²) < 4.78 is 36.7. The number of benzene rings is 2. The van der Waals surface area contributed by atoms with Crippen molar-refractivity contribution >= 4 is 34.7 Å². The van der Waals surface area contributed by atoms with E-state index in [1.54, 1.807) is 12.1 Å². The number of alkyl halides is 3. The van der Waals surface area contributed by atoms with Crippen LogP contribution in [0.3, 0.4) is 0 Å². The highest BCUT2D eigenvalue weighted by molar-refractivity contribution is 5.91. The molecule has 0 aliphatic heterocycles. The Labute approximate surface area is 171 Å². The maximum absolute atomic E-state index is 12.2. The second-order valence-electron chi connectivity index (χ2n) is 6.75. The van der Waals surface area contributed by atoms with Crippen LogP contribution in [0.5, 0.6) is 0 Å². The molecular weight excluding hydrogens is 395 g/mol. The molecule has 1 aromatic heterocycles. The molecule has 3 aromatic rings. The van der Waals surface area contributed by atoms with Gasteiger partial charge in [-0.05, 0) is 50.2 Å². The average molecular weight is 415 g/mol. The second kappa shape index (κ2) is 8.81. The second-order valence-corrected chi connectivity index (χ2v) is 6.75. The summed E-state index contributed by atoms with van der Waals surface area (Å²) in [4.78, 5) is 20.1. The molecule has 0 aliphatic rings. The summed E-state index contributed by atoms with van der Waals surface area (Å²) in [5.41, 5.74) is 3.68. The summed E-state index contributed by atoms with van der Waals surface area (Å²) in [6.45, 7) is 3.85. The molecule has 3 rings (SSSR count). The number of carbonyl (C=O) groups is 1. The van der Waals surface area contributed by atoms with E-state index in [-0.39, 0.29) is 5.69 Å². The minimum absolute atomic E-state index is 0.265. The number of amides is 1. The first-order chi connectivity index (χ1) is 14.2. The first-order valence-electron chi connectivity index (χ1n) is 9.09. The van der Waals surface area contributed by atoms with Gasteiger partial charge in [0.15, 0.2) is 0 Å². The summed E-state index contributed by atoms with van der Waals surface area (Å²) in [5, 5.41) is 8.47. The Hall–Kier alpha value is -3.62. The summed E-state index contributed by atoms with van der Waals surface area (Å²) in [5.74, 6) is -0.139. The summed E-state index contributed by atoms with van der Waals surface area (Å²) in [6.07, 6.45) is -6.07. The van der Waals surface area contributed by atoms with Gasteiger partial charge >= 0.3 is 6.18 Å². The fraction of sp³-hybridized carbons (Fsp3) is 0.190. The molecule has 156 valence electrons. The lowest BCUT2D eigenvalue weighted by Gasteiger charge is -2.11. The Morgan fingerprint density at radius 2 is 1.43 bits per heavy atom. The molecular formula is C21H20F3N5O. The zero-order chi connectivity index (χ0) is 21.7. The summed E-state index contributed by atoms with van der Waals surface area (Å²) in [6, 6.07) is 15.9. The standard InChI is InChI=1S/C21H20F3N5O/c1-13-3-5-15(6-4-13)26-18-11-14(2)25-20(29-18)28-17-9-7-16(8-10-17)27-19(30)12-21(22,23)24/h3-11H,12H2,1-2H3,(H,27,30)(H2,25,26,28,29). The predicted molar refractivity (Wildman–Crippen MR) is 110 cm³/mol. The van der Waals surface area contributed by atoms with Crippen molar-refractivity contribution in [2.45, 2.75) is 26.4 Å². The van der Waals surface area contributed by atoms with E-state index in [2.05, 4.69) is 25.9 Å². The number of nitrogens with one attached hydrogen (secondary N) is 3. The van der Waals surface area contributed by atoms with Gasteiger partial charge in [0.05, 0.1) is 0 Å². The summed E-state index contributed by atoms with van der Waals surface area (Å²) in [7, 11) is 0. The van der Waals surface area contributed by atoms with Crippen LogP contribution in [0.4, 0.5) is 42.0 Å². The lowest BCUT2D eigenvalue weighted by Crippen LogP contribution is -2.21. The third kappa shape index (κ3) is 6.47. The van der Waals surface area contributed by atoms with Crippen molar-refractivity contribution in [1.29, 1.82) is 0 Å². The topological polar surface area (TPSA) is 78.9 Å². The van der Waals surface area contributed by atoms with Crippen molar-refractivity contribution in [3.8, 4) is 0 Å². The molecule has 0 saturated carbocycles. The van der Waals surface area contributed by atoms with E-state index in [1.165, 1.54) is 12.1 Å². The molecule has 9 heteroatoms. The number of aryl methyl sites for hydroxylation is 2. The molecule has 0 aliphatic carbocycles. The number of hydrogen-bond donors (Lipinski definition) is 3. The third-order valence-electron chi connectivity index (χ3n) is 3.96. The van der Waals surface area contributed by atoms with Crippen molar-refractivity contribution in [2.75, 3.05) is 16.0 Å². The molecule has 0 saturated heterocycles. The normalized spacial score (nSPS) is 11.1. The van der Waals surface area contributed by atoms with E-state index in [0.29, 0.717) is 17.5 Å². The monoisotopic (exact) mass is 415 g/mol. The first-order valence-corrected chi connectivity index (χ1v) is 9.09. The van der Waals surface area contributed by atoms with Gasteiger partial charge in [-0.3, -0.25) is 4.79 Å². The van der Waals surface area contributed by atoms with Gasteiger partial charge in [0.2, 0.25) is 11.9 Å². The quantitative estimate of drug-likeness (QED) is 0.497. The molecule has 0 radical (unpaired) electrons. The Morgan fingerprint density at radius 1 is 0.867 bits per heavy atom. The fourth-order valence-electron chi connectivity index (χ4n) is 2.63. The van der Waals surface area contributed by atoms with Gasteiger partial charge in [-0.2, -0.15) is 18.2 Å². The van der Waals surface area contributed by atoms with Crippen LogP contribution in [0.2, 0.25) is 0 Å². The highest BCUT2D eigenvalue weighted by Crippen LogP contribution is 2.23. The van der Waals surface area contributed by atoms with Gasteiger partial charge in [0.1, 0.15) is 12.2 Å². The smallest absolute Gasteiger partial charge is 0.340 e. The Bertz CT molecular complexity index is 1020. The van der Waals surface area contributed by atoms with E-state index >= 15 is 0 Å². The molecule has 0 spiro atoms. The third-order valence-corrected chi connectivity index (χ3v) is 3.96. The number of nitrogens with zero attached hydrogens (tertiary/aromatic N) is 2. The number of carbonyl (C=O) groups excluding carboxylic acids is 1. The molecule has 0 unspecified atom stereocenters. The van der Waals surface area contributed by atoms with Crippen molar-refractivity contribution in [3.05, 3.63) is 65.9 Å². The van der Waals surface area contributed by atoms with Gasteiger partial charge in [0.25, 0.3) is 0 Å². The molecule has 1 amide bonds. The van der Waals surface area contributed by atoms with Crippen LogP contribution in [0.25, 0.3) is 0 Å². The van der Waals surface area contributed by atoms with Crippen LogP contribution >= 0.6 is 0 Å². The Morgan fingerprint density at radius 3 is 2.07 bits per heavy atom. The van der Waals surface area contributed by atoms with E-state index in [4.69, 9.17) is 0 Å². The summed E-state index contributed by atoms with van der Waals surface area (Å²) >= 11 is 0. The van der Waals surface area contributed by atoms with Gasteiger partial charge < -0.3 is 16.0 Å². The zero-order valence-electron chi connectivity index (χ0n) is 16.3. The van der Waals surface area contributed by atoms with Gasteiger partial charge in [-0.15, -0.1) is 0 Å². The maximum atomic E-state index is 12.2. The molecule has 1 heterocycles. The van der Waals surface area contributed by atoms with Crippen LogP contribution < -0.4 is 16.0 Å². The Kier molecular flexibility index (Phi) is 6.20. The van der Waals surface area contributed by atoms with Crippen LogP contribution in [0.1, 0.15) is 17.7 Å². The molecule has 6 nitrogen and oxygen atoms in total. The molecule has 0 bridgehead atoms. The van der Waals surface area contributed by atoms with Gasteiger partial charge in [-0.1, -0.05) is 17.7 Å². The Balaban J connectivity index is 1.66. The van der Waals surface area contributed by atoms with Crippen LogP contribution in [0, 0.1) is 13.8 Å². The average Bonchev–Trinajstić information content (AvgIpc) is 2.63. The zero-order valence-corrected chi connectivity index (χ0v) is 16.3. The predicted octanol–water partition coefficient (Wildman–Crippen LogP) is 5.47. The van der Waals surface area contributed by atoms with Crippen molar-refractivity contribution in [3.63, 3.8) is 0 Å². The number of hydrogen-bond acceptors (Lipinski definition) is 5. The van der Waals surface area contributed by atoms with Crippen molar-refractivity contribution in [2.24, 2.45) is 0 Å². The number of halogens is 3. The van der Waals surface area contributed by atoms with Gasteiger partial charge in [0, 0.05) is 28.8 Å².